The number of rotatable bonds is 8. The topological polar surface area (TPSA) is 73.6 Å². The average Bonchev–Trinajstić information content (AvgIpc) is 2.59. The molecule has 0 radical (unpaired) electrons. The Morgan fingerprint density at radius 1 is 1.00 bits per heavy atom. The quantitative estimate of drug-likeness (QED) is 0.781. The summed E-state index contributed by atoms with van der Waals surface area (Å²) in [6.45, 7) is 4.56. The molecule has 1 amide bonds. The highest BCUT2D eigenvalue weighted by Crippen LogP contribution is 2.18. The molecule has 24 heavy (non-hydrogen) atoms. The highest BCUT2D eigenvalue weighted by molar-refractivity contribution is 5.78. The van der Waals surface area contributed by atoms with E-state index in [-0.39, 0.29) is 12.5 Å². The van der Waals surface area contributed by atoms with Gasteiger partial charge in [-0.2, -0.15) is 0 Å². The standard InChI is InChI=1S/C19H24N2O3/c1-19(2,14-20)21-18(22)13-24-17-10-8-16(9-11-17)23-12-15-6-4-3-5-7-15/h3-11H,12-14,20H2,1-2H3,(H,21,22). The lowest BCUT2D eigenvalue weighted by molar-refractivity contribution is -0.124. The fourth-order valence-corrected chi connectivity index (χ4v) is 1.99. The molecule has 3 N–H and O–H groups in total. The molecule has 2 rings (SSSR count). The predicted molar refractivity (Wildman–Crippen MR) is 94.0 cm³/mol. The molecule has 128 valence electrons. The first kappa shape index (κ1) is 17.8. The molecular formula is C19H24N2O3. The monoisotopic (exact) mass is 328 g/mol. The van der Waals surface area contributed by atoms with Gasteiger partial charge in [0.1, 0.15) is 18.1 Å². The summed E-state index contributed by atoms with van der Waals surface area (Å²) in [6, 6.07) is 17.2. The van der Waals surface area contributed by atoms with Gasteiger partial charge in [0.05, 0.1) is 0 Å². The molecule has 2 aromatic carbocycles. The largest absolute Gasteiger partial charge is 0.489 e. The number of nitrogens with two attached hydrogens (primary N) is 1. The maximum atomic E-state index is 11.8. The van der Waals surface area contributed by atoms with E-state index < -0.39 is 5.54 Å². The zero-order valence-electron chi connectivity index (χ0n) is 14.1. The van der Waals surface area contributed by atoms with Crippen LogP contribution in [-0.2, 0) is 11.4 Å². The molecule has 0 fully saturated rings. The van der Waals surface area contributed by atoms with Gasteiger partial charge in [-0.25, -0.2) is 0 Å². The number of hydrogen-bond acceptors (Lipinski definition) is 4. The predicted octanol–water partition coefficient (Wildman–Crippen LogP) is 2.50. The molecule has 5 heteroatoms. The summed E-state index contributed by atoms with van der Waals surface area (Å²) in [5, 5.41) is 2.81. The van der Waals surface area contributed by atoms with E-state index in [4.69, 9.17) is 15.2 Å². The van der Waals surface area contributed by atoms with E-state index in [2.05, 4.69) is 5.32 Å². The molecular weight excluding hydrogens is 304 g/mol. The number of amides is 1. The summed E-state index contributed by atoms with van der Waals surface area (Å²) < 4.78 is 11.2. The van der Waals surface area contributed by atoms with Crippen LogP contribution in [0.2, 0.25) is 0 Å². The third kappa shape index (κ3) is 5.93. The van der Waals surface area contributed by atoms with Crippen molar-refractivity contribution in [3.05, 3.63) is 60.2 Å². The number of benzene rings is 2. The van der Waals surface area contributed by atoms with Gasteiger partial charge in [0.15, 0.2) is 6.61 Å². The second kappa shape index (κ2) is 8.36. The van der Waals surface area contributed by atoms with Crippen LogP contribution in [0.1, 0.15) is 19.4 Å². The van der Waals surface area contributed by atoms with Crippen molar-refractivity contribution < 1.29 is 14.3 Å². The average molecular weight is 328 g/mol. The van der Waals surface area contributed by atoms with Crippen LogP contribution in [0.3, 0.4) is 0 Å². The summed E-state index contributed by atoms with van der Waals surface area (Å²) in [5.74, 6) is 1.16. The Morgan fingerprint density at radius 3 is 2.17 bits per heavy atom. The zero-order chi connectivity index (χ0) is 17.4. The van der Waals surface area contributed by atoms with Gasteiger partial charge in [0.2, 0.25) is 0 Å². The minimum absolute atomic E-state index is 0.0480. The minimum atomic E-state index is -0.435. The van der Waals surface area contributed by atoms with E-state index in [1.165, 1.54) is 0 Å². The number of hydrogen-bond donors (Lipinski definition) is 2. The second-order valence-electron chi connectivity index (χ2n) is 6.17. The van der Waals surface area contributed by atoms with E-state index in [1.807, 2.05) is 56.3 Å². The molecule has 0 heterocycles. The summed E-state index contributed by atoms with van der Waals surface area (Å²) in [4.78, 5) is 11.8. The molecule has 0 saturated heterocycles. The molecule has 0 unspecified atom stereocenters. The normalized spacial score (nSPS) is 11.0. The number of ether oxygens (including phenoxy) is 2. The van der Waals surface area contributed by atoms with E-state index in [0.29, 0.717) is 18.9 Å². The van der Waals surface area contributed by atoms with Gasteiger partial charge in [-0.05, 0) is 43.7 Å². The first-order chi connectivity index (χ1) is 11.5. The number of carbonyl (C=O) groups excluding carboxylic acids is 1. The fraction of sp³-hybridized carbons (Fsp3) is 0.316. The van der Waals surface area contributed by atoms with Gasteiger partial charge in [-0.15, -0.1) is 0 Å². The Bertz CT molecular complexity index is 639. The third-order valence-corrected chi connectivity index (χ3v) is 3.43. The maximum absolute atomic E-state index is 11.8. The van der Waals surface area contributed by atoms with Crippen molar-refractivity contribution in [2.45, 2.75) is 26.0 Å². The molecule has 2 aromatic rings. The summed E-state index contributed by atoms with van der Waals surface area (Å²) in [6.07, 6.45) is 0. The second-order valence-corrected chi connectivity index (χ2v) is 6.17. The van der Waals surface area contributed by atoms with Gasteiger partial charge in [-0.3, -0.25) is 4.79 Å². The lowest BCUT2D eigenvalue weighted by Crippen LogP contribution is -2.50. The number of carbonyl (C=O) groups is 1. The lowest BCUT2D eigenvalue weighted by Gasteiger charge is -2.24. The van der Waals surface area contributed by atoms with Crippen LogP contribution in [-0.4, -0.2) is 24.6 Å². The lowest BCUT2D eigenvalue weighted by atomic mass is 10.1. The highest BCUT2D eigenvalue weighted by atomic mass is 16.5. The van der Waals surface area contributed by atoms with Gasteiger partial charge in [0.25, 0.3) is 5.91 Å². The molecule has 0 saturated carbocycles. The minimum Gasteiger partial charge on any atom is -0.489 e. The Hall–Kier alpha value is -2.53. The Kier molecular flexibility index (Phi) is 6.21. The smallest absolute Gasteiger partial charge is 0.258 e. The Balaban J connectivity index is 1.78. The van der Waals surface area contributed by atoms with Crippen LogP contribution in [0.15, 0.2) is 54.6 Å². The fourth-order valence-electron chi connectivity index (χ4n) is 1.99. The highest BCUT2D eigenvalue weighted by Gasteiger charge is 2.18. The van der Waals surface area contributed by atoms with E-state index in [9.17, 15) is 4.79 Å². The van der Waals surface area contributed by atoms with Gasteiger partial charge < -0.3 is 20.5 Å². The van der Waals surface area contributed by atoms with Crippen molar-refractivity contribution in [3.63, 3.8) is 0 Å². The molecule has 0 spiro atoms. The Labute approximate surface area is 142 Å². The molecule has 0 aliphatic heterocycles. The SMILES string of the molecule is CC(C)(CN)NC(=O)COc1ccc(OCc2ccccc2)cc1. The molecule has 0 atom stereocenters. The molecule has 0 aromatic heterocycles. The van der Waals surface area contributed by atoms with Crippen LogP contribution in [0.4, 0.5) is 0 Å². The van der Waals surface area contributed by atoms with Crippen molar-refractivity contribution in [2.75, 3.05) is 13.2 Å². The van der Waals surface area contributed by atoms with Crippen LogP contribution in [0, 0.1) is 0 Å². The van der Waals surface area contributed by atoms with Crippen LogP contribution in [0.5, 0.6) is 11.5 Å². The first-order valence-electron chi connectivity index (χ1n) is 7.89. The van der Waals surface area contributed by atoms with Crippen LogP contribution < -0.4 is 20.5 Å². The first-order valence-corrected chi connectivity index (χ1v) is 7.89. The van der Waals surface area contributed by atoms with Crippen molar-refractivity contribution >= 4 is 5.91 Å². The Morgan fingerprint density at radius 2 is 1.58 bits per heavy atom. The molecule has 0 aliphatic carbocycles. The third-order valence-electron chi connectivity index (χ3n) is 3.43. The van der Waals surface area contributed by atoms with E-state index in [1.54, 1.807) is 12.1 Å². The summed E-state index contributed by atoms with van der Waals surface area (Å²) >= 11 is 0. The van der Waals surface area contributed by atoms with Crippen LogP contribution in [0.25, 0.3) is 0 Å². The van der Waals surface area contributed by atoms with Crippen molar-refractivity contribution in [1.29, 1.82) is 0 Å². The van der Waals surface area contributed by atoms with Gasteiger partial charge in [0, 0.05) is 12.1 Å². The van der Waals surface area contributed by atoms with Gasteiger partial charge >= 0.3 is 0 Å². The molecule has 0 aliphatic rings. The van der Waals surface area contributed by atoms with Crippen LogP contribution >= 0.6 is 0 Å². The van der Waals surface area contributed by atoms with Crippen molar-refractivity contribution in [2.24, 2.45) is 5.73 Å². The summed E-state index contributed by atoms with van der Waals surface area (Å²) in [5.41, 5.74) is 6.25. The van der Waals surface area contributed by atoms with Gasteiger partial charge in [-0.1, -0.05) is 30.3 Å². The maximum Gasteiger partial charge on any atom is 0.258 e. The molecule has 5 nitrogen and oxygen atoms in total. The number of nitrogens with one attached hydrogen (secondary N) is 1. The summed E-state index contributed by atoms with van der Waals surface area (Å²) in [7, 11) is 0. The van der Waals surface area contributed by atoms with Crippen molar-refractivity contribution in [3.8, 4) is 11.5 Å². The van der Waals surface area contributed by atoms with E-state index in [0.717, 1.165) is 11.3 Å². The zero-order valence-corrected chi connectivity index (χ0v) is 14.1. The van der Waals surface area contributed by atoms with E-state index >= 15 is 0 Å². The molecule has 0 bridgehead atoms. The van der Waals surface area contributed by atoms with Crippen molar-refractivity contribution in [1.82, 2.24) is 5.32 Å².